The molecular formula is C13H21N3O3S. The van der Waals surface area contributed by atoms with Crippen molar-refractivity contribution < 1.29 is 13.5 Å². The third-order valence-electron chi connectivity index (χ3n) is 3.61. The number of pyridine rings is 1. The van der Waals surface area contributed by atoms with Crippen molar-refractivity contribution in [3.63, 3.8) is 0 Å². The highest BCUT2D eigenvalue weighted by molar-refractivity contribution is 7.89. The molecule has 20 heavy (non-hydrogen) atoms. The topological polar surface area (TPSA) is 82.5 Å². The van der Waals surface area contributed by atoms with Crippen LogP contribution in [0.1, 0.15) is 25.7 Å². The molecule has 1 heterocycles. The molecule has 0 atom stereocenters. The van der Waals surface area contributed by atoms with Gasteiger partial charge in [0.2, 0.25) is 0 Å². The third-order valence-corrected chi connectivity index (χ3v) is 5.52. The normalized spacial score (nSPS) is 16.1. The maximum absolute atomic E-state index is 12.8. The lowest BCUT2D eigenvalue weighted by Gasteiger charge is -2.36. The highest BCUT2D eigenvalue weighted by Gasteiger charge is 2.36. The third kappa shape index (κ3) is 2.94. The van der Waals surface area contributed by atoms with Crippen molar-refractivity contribution >= 4 is 15.7 Å². The minimum Gasteiger partial charge on any atom is -0.396 e. The van der Waals surface area contributed by atoms with Gasteiger partial charge in [-0.15, -0.1) is 0 Å². The molecule has 1 fully saturated rings. The Labute approximate surface area is 119 Å². The monoisotopic (exact) mass is 299 g/mol. The molecule has 1 aromatic heterocycles. The predicted molar refractivity (Wildman–Crippen MR) is 77.0 cm³/mol. The fourth-order valence-corrected chi connectivity index (χ4v) is 4.13. The summed E-state index contributed by atoms with van der Waals surface area (Å²) in [6.07, 6.45) is 4.74. The van der Waals surface area contributed by atoms with E-state index in [0.29, 0.717) is 18.7 Å². The van der Waals surface area contributed by atoms with Crippen molar-refractivity contribution in [2.45, 2.75) is 36.8 Å². The summed E-state index contributed by atoms with van der Waals surface area (Å²) in [6, 6.07) is 3.44. The summed E-state index contributed by atoms with van der Waals surface area (Å²) in [5.74, 6) is 0. The SMILES string of the molecule is CNc1cccnc1S(=O)(=O)N(CCCO)C1CCC1. The number of aliphatic hydroxyl groups is 1. The van der Waals surface area contributed by atoms with E-state index in [0.717, 1.165) is 19.3 Å². The van der Waals surface area contributed by atoms with E-state index in [1.807, 2.05) is 0 Å². The van der Waals surface area contributed by atoms with Crippen molar-refractivity contribution in [3.8, 4) is 0 Å². The number of hydrogen-bond acceptors (Lipinski definition) is 5. The number of rotatable bonds is 7. The highest BCUT2D eigenvalue weighted by atomic mass is 32.2. The molecular weight excluding hydrogens is 278 g/mol. The molecule has 7 heteroatoms. The van der Waals surface area contributed by atoms with Gasteiger partial charge >= 0.3 is 0 Å². The van der Waals surface area contributed by atoms with Gasteiger partial charge in [-0.2, -0.15) is 4.31 Å². The molecule has 112 valence electrons. The number of anilines is 1. The Kier molecular flexibility index (Phi) is 4.95. The highest BCUT2D eigenvalue weighted by Crippen LogP contribution is 2.31. The molecule has 1 aliphatic carbocycles. The Morgan fingerprint density at radius 2 is 2.25 bits per heavy atom. The van der Waals surface area contributed by atoms with Gasteiger partial charge in [0.1, 0.15) is 0 Å². The Hall–Kier alpha value is -1.18. The standard InChI is InChI=1S/C13H21N3O3S/c1-14-12-7-3-8-15-13(12)20(18,19)16(9-4-10-17)11-5-2-6-11/h3,7-8,11,14,17H,2,4-6,9-10H2,1H3. The van der Waals surface area contributed by atoms with Crippen LogP contribution in [-0.4, -0.2) is 49.1 Å². The zero-order chi connectivity index (χ0) is 14.6. The molecule has 2 N–H and O–H groups in total. The van der Waals surface area contributed by atoms with Crippen molar-refractivity contribution in [1.29, 1.82) is 0 Å². The zero-order valence-corrected chi connectivity index (χ0v) is 12.4. The van der Waals surface area contributed by atoms with Gasteiger partial charge in [0.05, 0.1) is 5.69 Å². The van der Waals surface area contributed by atoms with Crippen molar-refractivity contribution in [3.05, 3.63) is 18.3 Å². The van der Waals surface area contributed by atoms with E-state index < -0.39 is 10.0 Å². The van der Waals surface area contributed by atoms with Crippen LogP contribution in [-0.2, 0) is 10.0 Å². The van der Waals surface area contributed by atoms with Gasteiger partial charge < -0.3 is 10.4 Å². The van der Waals surface area contributed by atoms with E-state index in [4.69, 9.17) is 5.11 Å². The number of hydrogen-bond donors (Lipinski definition) is 2. The van der Waals surface area contributed by atoms with Gasteiger partial charge in [-0.1, -0.05) is 6.42 Å². The second kappa shape index (κ2) is 6.51. The van der Waals surface area contributed by atoms with Gasteiger partial charge in [-0.3, -0.25) is 0 Å². The van der Waals surface area contributed by atoms with Gasteiger partial charge in [0, 0.05) is 32.4 Å². The molecule has 0 bridgehead atoms. The zero-order valence-electron chi connectivity index (χ0n) is 11.6. The number of aliphatic hydroxyl groups excluding tert-OH is 1. The Morgan fingerprint density at radius 3 is 2.80 bits per heavy atom. The first-order valence-corrected chi connectivity index (χ1v) is 8.30. The lowest BCUT2D eigenvalue weighted by Crippen LogP contribution is -2.45. The van der Waals surface area contributed by atoms with Crippen LogP contribution in [0.4, 0.5) is 5.69 Å². The average molecular weight is 299 g/mol. The fraction of sp³-hybridized carbons (Fsp3) is 0.615. The lowest BCUT2D eigenvalue weighted by molar-refractivity contribution is 0.198. The van der Waals surface area contributed by atoms with Crippen LogP contribution in [0.25, 0.3) is 0 Å². The van der Waals surface area contributed by atoms with Gasteiger partial charge in [0.25, 0.3) is 10.0 Å². The average Bonchev–Trinajstić information content (AvgIpc) is 2.41. The largest absolute Gasteiger partial charge is 0.396 e. The Bertz CT molecular complexity index is 544. The van der Waals surface area contributed by atoms with Crippen LogP contribution in [0.2, 0.25) is 0 Å². The van der Waals surface area contributed by atoms with Crippen LogP contribution in [0, 0.1) is 0 Å². The first-order chi connectivity index (χ1) is 9.61. The molecule has 0 spiro atoms. The van der Waals surface area contributed by atoms with Crippen molar-refractivity contribution in [2.24, 2.45) is 0 Å². The molecule has 0 saturated heterocycles. The molecule has 1 aromatic rings. The van der Waals surface area contributed by atoms with E-state index >= 15 is 0 Å². The van der Waals surface area contributed by atoms with E-state index in [1.165, 1.54) is 10.5 Å². The summed E-state index contributed by atoms with van der Waals surface area (Å²) in [5, 5.41) is 11.9. The van der Waals surface area contributed by atoms with E-state index in [1.54, 1.807) is 19.2 Å². The van der Waals surface area contributed by atoms with Crippen molar-refractivity contribution in [2.75, 3.05) is 25.5 Å². The first-order valence-electron chi connectivity index (χ1n) is 6.86. The van der Waals surface area contributed by atoms with E-state index in [-0.39, 0.29) is 17.7 Å². The molecule has 0 unspecified atom stereocenters. The van der Waals surface area contributed by atoms with Crippen molar-refractivity contribution in [1.82, 2.24) is 9.29 Å². The number of nitrogens with one attached hydrogen (secondary N) is 1. The molecule has 0 amide bonds. The molecule has 0 aromatic carbocycles. The first kappa shape index (κ1) is 15.2. The summed E-state index contributed by atoms with van der Waals surface area (Å²) in [4.78, 5) is 4.04. The maximum Gasteiger partial charge on any atom is 0.262 e. The van der Waals surface area contributed by atoms with E-state index in [9.17, 15) is 8.42 Å². The lowest BCUT2D eigenvalue weighted by atomic mass is 9.93. The summed E-state index contributed by atoms with van der Waals surface area (Å²) in [6.45, 7) is 0.322. The molecule has 6 nitrogen and oxygen atoms in total. The molecule has 1 aliphatic rings. The molecule has 2 rings (SSSR count). The summed E-state index contributed by atoms with van der Waals surface area (Å²) >= 11 is 0. The summed E-state index contributed by atoms with van der Waals surface area (Å²) in [5.41, 5.74) is 0.501. The Balaban J connectivity index is 2.33. The maximum atomic E-state index is 12.8. The fourth-order valence-electron chi connectivity index (χ4n) is 2.30. The summed E-state index contributed by atoms with van der Waals surface area (Å²) < 4.78 is 27.1. The van der Waals surface area contributed by atoms with Crippen LogP contribution < -0.4 is 5.32 Å². The predicted octanol–water partition coefficient (Wildman–Crippen LogP) is 1.05. The quantitative estimate of drug-likeness (QED) is 0.786. The van der Waals surface area contributed by atoms with Gasteiger partial charge in [-0.25, -0.2) is 13.4 Å². The summed E-state index contributed by atoms with van der Waals surface area (Å²) in [7, 11) is -1.95. The molecule has 0 radical (unpaired) electrons. The number of aromatic nitrogens is 1. The molecule has 1 saturated carbocycles. The minimum atomic E-state index is -3.63. The smallest absolute Gasteiger partial charge is 0.262 e. The minimum absolute atomic E-state index is 0.0140. The second-order valence-corrected chi connectivity index (χ2v) is 6.69. The van der Waals surface area contributed by atoms with E-state index in [2.05, 4.69) is 10.3 Å². The second-order valence-electron chi connectivity index (χ2n) is 4.88. The number of sulfonamides is 1. The molecule has 0 aliphatic heterocycles. The number of nitrogens with zero attached hydrogens (tertiary/aromatic N) is 2. The van der Waals surface area contributed by atoms with Crippen LogP contribution in [0.3, 0.4) is 0 Å². The Morgan fingerprint density at radius 1 is 1.50 bits per heavy atom. The van der Waals surface area contributed by atoms with Gasteiger partial charge in [0.15, 0.2) is 5.03 Å². The van der Waals surface area contributed by atoms with Crippen LogP contribution in [0.15, 0.2) is 23.4 Å². The van der Waals surface area contributed by atoms with Crippen LogP contribution >= 0.6 is 0 Å². The van der Waals surface area contributed by atoms with Gasteiger partial charge in [-0.05, 0) is 31.4 Å². The van der Waals surface area contributed by atoms with Crippen LogP contribution in [0.5, 0.6) is 0 Å².